The van der Waals surface area contributed by atoms with Gasteiger partial charge in [-0.3, -0.25) is 0 Å². The largest absolute Gasteiger partial charge is 0.508 e. The lowest BCUT2D eigenvalue weighted by Gasteiger charge is -2.37. The summed E-state index contributed by atoms with van der Waals surface area (Å²) in [5, 5.41) is 0. The highest BCUT2D eigenvalue weighted by molar-refractivity contribution is 5.60. The van der Waals surface area contributed by atoms with Crippen molar-refractivity contribution >= 4 is 6.16 Å². The van der Waals surface area contributed by atoms with E-state index in [2.05, 4.69) is 48.6 Å². The summed E-state index contributed by atoms with van der Waals surface area (Å²) in [6, 6.07) is 0. The van der Waals surface area contributed by atoms with Gasteiger partial charge in [0, 0.05) is 23.7 Å². The topological polar surface area (TPSA) is 35.5 Å². The van der Waals surface area contributed by atoms with Crippen molar-refractivity contribution in [2.45, 2.75) is 89.3 Å². The zero-order valence-electron chi connectivity index (χ0n) is 18.3. The zero-order valence-corrected chi connectivity index (χ0v) is 18.3. The molecule has 0 heterocycles. The Morgan fingerprint density at radius 1 is 0.533 bits per heavy atom. The van der Waals surface area contributed by atoms with E-state index in [1.54, 1.807) is 0 Å². The standard InChI is InChI=1S/C27H38O3/c28-27(29-25(21-13-5-1-6-14-21)22-15-7-2-8-16-22)30-26(23-17-9-3-10-18-23)24-19-11-4-12-20-24/h1-5,7,9,11,21-26H,6,8,10,12-20H2. The van der Waals surface area contributed by atoms with E-state index in [0.29, 0.717) is 23.7 Å². The molecular formula is C27H38O3. The van der Waals surface area contributed by atoms with Crippen LogP contribution < -0.4 is 0 Å². The highest BCUT2D eigenvalue weighted by atomic mass is 16.7. The molecule has 0 aromatic heterocycles. The quantitative estimate of drug-likeness (QED) is 0.340. The van der Waals surface area contributed by atoms with Crippen LogP contribution >= 0.6 is 0 Å². The first-order valence-corrected chi connectivity index (χ1v) is 12.3. The van der Waals surface area contributed by atoms with Gasteiger partial charge < -0.3 is 9.47 Å². The first kappa shape index (κ1) is 21.5. The van der Waals surface area contributed by atoms with E-state index in [1.807, 2.05) is 0 Å². The molecule has 0 radical (unpaired) electrons. The van der Waals surface area contributed by atoms with E-state index in [9.17, 15) is 4.79 Å². The second-order valence-electron chi connectivity index (χ2n) is 9.59. The van der Waals surface area contributed by atoms with Gasteiger partial charge in [-0.15, -0.1) is 0 Å². The van der Waals surface area contributed by atoms with Crippen molar-refractivity contribution in [3.05, 3.63) is 48.6 Å². The Labute approximate surface area is 182 Å². The Hall–Kier alpha value is -1.77. The van der Waals surface area contributed by atoms with Crippen molar-refractivity contribution in [3.63, 3.8) is 0 Å². The molecule has 0 N–H and O–H groups in total. The number of carbonyl (C=O) groups is 1. The van der Waals surface area contributed by atoms with Crippen LogP contribution in [0, 0.1) is 23.7 Å². The van der Waals surface area contributed by atoms with Crippen LogP contribution in [0.5, 0.6) is 0 Å². The summed E-state index contributed by atoms with van der Waals surface area (Å²) in [4.78, 5) is 13.1. The highest BCUT2D eigenvalue weighted by Crippen LogP contribution is 2.37. The Kier molecular flexibility index (Phi) is 7.88. The third-order valence-corrected chi connectivity index (χ3v) is 7.56. The van der Waals surface area contributed by atoms with Gasteiger partial charge >= 0.3 is 6.16 Å². The molecule has 0 aromatic rings. The van der Waals surface area contributed by atoms with Crippen molar-refractivity contribution in [3.8, 4) is 0 Å². The van der Waals surface area contributed by atoms with Crippen molar-refractivity contribution in [2.24, 2.45) is 23.7 Å². The molecule has 30 heavy (non-hydrogen) atoms. The average Bonchev–Trinajstić information content (AvgIpc) is 2.83. The third kappa shape index (κ3) is 5.68. The molecule has 4 aliphatic carbocycles. The summed E-state index contributed by atoms with van der Waals surface area (Å²) in [7, 11) is 0. The molecule has 3 heteroatoms. The first-order chi connectivity index (χ1) is 14.8. The van der Waals surface area contributed by atoms with E-state index >= 15 is 0 Å². The number of ether oxygens (including phenoxy) is 2. The van der Waals surface area contributed by atoms with E-state index in [-0.39, 0.29) is 12.2 Å². The highest BCUT2D eigenvalue weighted by Gasteiger charge is 2.37. The van der Waals surface area contributed by atoms with Gasteiger partial charge in [-0.1, -0.05) is 48.6 Å². The minimum atomic E-state index is -0.418. The second kappa shape index (κ2) is 11.0. The van der Waals surface area contributed by atoms with Gasteiger partial charge in [0.2, 0.25) is 0 Å². The third-order valence-electron chi connectivity index (χ3n) is 7.56. The van der Waals surface area contributed by atoms with Crippen LogP contribution in [0.25, 0.3) is 0 Å². The maximum Gasteiger partial charge on any atom is 0.508 e. The number of rotatable bonds is 6. The molecule has 3 nitrogen and oxygen atoms in total. The molecule has 0 aliphatic heterocycles. The van der Waals surface area contributed by atoms with Crippen LogP contribution in [0.2, 0.25) is 0 Å². The van der Waals surface area contributed by atoms with Crippen LogP contribution in [-0.2, 0) is 9.47 Å². The van der Waals surface area contributed by atoms with E-state index in [1.165, 1.54) is 0 Å². The number of hydrogen-bond acceptors (Lipinski definition) is 3. The SMILES string of the molecule is O=C(OC(C1CC=CCC1)C1CC=CCC1)OC(C1CC=CCC1)C1CC=CCC1. The van der Waals surface area contributed by atoms with E-state index in [4.69, 9.17) is 9.47 Å². The molecule has 0 saturated carbocycles. The van der Waals surface area contributed by atoms with Gasteiger partial charge in [0.25, 0.3) is 0 Å². The van der Waals surface area contributed by atoms with Gasteiger partial charge in [-0.25, -0.2) is 4.79 Å². The predicted molar refractivity (Wildman–Crippen MR) is 121 cm³/mol. The smallest absolute Gasteiger partial charge is 0.430 e. The van der Waals surface area contributed by atoms with Gasteiger partial charge in [0.05, 0.1) is 0 Å². The molecule has 4 atom stereocenters. The van der Waals surface area contributed by atoms with E-state index < -0.39 is 6.16 Å². The van der Waals surface area contributed by atoms with Crippen molar-refractivity contribution in [1.82, 2.24) is 0 Å². The predicted octanol–water partition coefficient (Wildman–Crippen LogP) is 7.30. The normalized spacial score (nSPS) is 33.1. The molecule has 0 saturated heterocycles. The maximum absolute atomic E-state index is 13.1. The van der Waals surface area contributed by atoms with Crippen LogP contribution in [0.15, 0.2) is 48.6 Å². The molecule has 0 fully saturated rings. The summed E-state index contributed by atoms with van der Waals surface area (Å²) in [5.74, 6) is 1.70. The summed E-state index contributed by atoms with van der Waals surface area (Å²) in [5.41, 5.74) is 0. The fourth-order valence-electron chi connectivity index (χ4n) is 5.87. The summed E-state index contributed by atoms with van der Waals surface area (Å²) in [6.07, 6.45) is 30.5. The summed E-state index contributed by atoms with van der Waals surface area (Å²) >= 11 is 0. The Bertz CT molecular complexity index is 570. The molecule has 0 spiro atoms. The van der Waals surface area contributed by atoms with E-state index in [0.717, 1.165) is 77.0 Å². The van der Waals surface area contributed by atoms with Crippen LogP contribution in [-0.4, -0.2) is 18.4 Å². The number of carbonyl (C=O) groups excluding carboxylic acids is 1. The Balaban J connectivity index is 1.44. The summed E-state index contributed by atoms with van der Waals surface area (Å²) < 4.78 is 12.4. The van der Waals surface area contributed by atoms with Gasteiger partial charge in [0.1, 0.15) is 12.2 Å². The zero-order chi connectivity index (χ0) is 20.6. The average molecular weight is 411 g/mol. The molecule has 0 amide bonds. The summed E-state index contributed by atoms with van der Waals surface area (Å²) in [6.45, 7) is 0. The minimum Gasteiger partial charge on any atom is -0.430 e. The van der Waals surface area contributed by atoms with Gasteiger partial charge in [0.15, 0.2) is 0 Å². The Morgan fingerprint density at radius 3 is 1.07 bits per heavy atom. The van der Waals surface area contributed by atoms with Crippen LogP contribution in [0.3, 0.4) is 0 Å². The lowest BCUT2D eigenvalue weighted by molar-refractivity contribution is -0.0669. The molecule has 4 unspecified atom stereocenters. The van der Waals surface area contributed by atoms with Gasteiger partial charge in [-0.05, 0) is 77.0 Å². The second-order valence-corrected chi connectivity index (χ2v) is 9.59. The lowest BCUT2D eigenvalue weighted by atomic mass is 9.78. The van der Waals surface area contributed by atoms with Crippen molar-refractivity contribution < 1.29 is 14.3 Å². The lowest BCUT2D eigenvalue weighted by Crippen LogP contribution is -2.39. The molecule has 4 rings (SSSR count). The van der Waals surface area contributed by atoms with Crippen molar-refractivity contribution in [1.29, 1.82) is 0 Å². The molecule has 0 bridgehead atoms. The first-order valence-electron chi connectivity index (χ1n) is 12.3. The number of hydrogen-bond donors (Lipinski definition) is 0. The van der Waals surface area contributed by atoms with Gasteiger partial charge in [-0.2, -0.15) is 0 Å². The molecular weight excluding hydrogens is 372 g/mol. The minimum absolute atomic E-state index is 0.0226. The number of allylic oxidation sites excluding steroid dienone is 8. The monoisotopic (exact) mass is 410 g/mol. The molecule has 0 aromatic carbocycles. The molecule has 164 valence electrons. The Morgan fingerprint density at radius 2 is 0.833 bits per heavy atom. The van der Waals surface area contributed by atoms with Crippen molar-refractivity contribution in [2.75, 3.05) is 0 Å². The van der Waals surface area contributed by atoms with Crippen LogP contribution in [0.1, 0.15) is 77.0 Å². The maximum atomic E-state index is 13.1. The fourth-order valence-corrected chi connectivity index (χ4v) is 5.87. The molecule has 4 aliphatic rings. The fraction of sp³-hybridized carbons (Fsp3) is 0.667. The van der Waals surface area contributed by atoms with Crippen LogP contribution in [0.4, 0.5) is 4.79 Å².